The second-order valence-electron chi connectivity index (χ2n) is 3.54. The molecule has 1 rings (SSSR count). The lowest BCUT2D eigenvalue weighted by atomic mass is 10.0. The van der Waals surface area contributed by atoms with Gasteiger partial charge in [-0.05, 0) is 34.0 Å². The molecule has 0 saturated heterocycles. The fourth-order valence-corrected chi connectivity index (χ4v) is 1.70. The van der Waals surface area contributed by atoms with E-state index in [1.165, 1.54) is 0 Å². The summed E-state index contributed by atoms with van der Waals surface area (Å²) in [7, 11) is 1.59. The summed E-state index contributed by atoms with van der Waals surface area (Å²) >= 11 is 3.31. The minimum Gasteiger partial charge on any atom is -0.385 e. The Labute approximate surface area is 103 Å². The number of ketones is 1. The lowest BCUT2D eigenvalue weighted by Crippen LogP contribution is -2.32. The standard InChI is InChI=1S/C11H15BrN2O2/c1-16-3-2-10(13)11(15)5-8-4-9(12)7-14-6-8/h4,6-7,10H,2-3,5,13H2,1H3. The first-order valence-electron chi connectivity index (χ1n) is 5.00. The first-order chi connectivity index (χ1) is 7.63. The predicted octanol–water partition coefficient (Wildman–Crippen LogP) is 1.32. The first-order valence-corrected chi connectivity index (χ1v) is 5.79. The third kappa shape index (κ3) is 4.38. The fraction of sp³-hybridized carbons (Fsp3) is 0.455. The summed E-state index contributed by atoms with van der Waals surface area (Å²) in [5.74, 6) is 0.0111. The van der Waals surface area contributed by atoms with Crippen molar-refractivity contribution >= 4 is 21.7 Å². The SMILES string of the molecule is COCCC(N)C(=O)Cc1cncc(Br)c1. The molecule has 1 aromatic heterocycles. The number of hydrogen-bond acceptors (Lipinski definition) is 4. The number of rotatable bonds is 6. The van der Waals surface area contributed by atoms with Crippen molar-refractivity contribution in [2.24, 2.45) is 5.73 Å². The highest BCUT2D eigenvalue weighted by atomic mass is 79.9. The number of ether oxygens (including phenoxy) is 1. The molecule has 0 aliphatic heterocycles. The minimum atomic E-state index is -0.459. The molecule has 0 amide bonds. The molecule has 16 heavy (non-hydrogen) atoms. The maximum absolute atomic E-state index is 11.7. The van der Waals surface area contributed by atoms with Crippen LogP contribution in [0.5, 0.6) is 0 Å². The molecule has 0 aromatic carbocycles. The highest BCUT2D eigenvalue weighted by Crippen LogP contribution is 2.10. The number of carbonyl (C=O) groups excluding carboxylic acids is 1. The molecule has 0 aliphatic rings. The van der Waals surface area contributed by atoms with Crippen molar-refractivity contribution < 1.29 is 9.53 Å². The average Bonchev–Trinajstić information content (AvgIpc) is 2.25. The molecule has 5 heteroatoms. The summed E-state index contributed by atoms with van der Waals surface area (Å²) in [4.78, 5) is 15.7. The number of hydrogen-bond donors (Lipinski definition) is 1. The second kappa shape index (κ2) is 6.73. The highest BCUT2D eigenvalue weighted by Gasteiger charge is 2.13. The summed E-state index contributed by atoms with van der Waals surface area (Å²) in [6.07, 6.45) is 4.22. The van der Waals surface area contributed by atoms with Gasteiger partial charge in [-0.15, -0.1) is 0 Å². The number of halogens is 1. The number of carbonyl (C=O) groups is 1. The molecular weight excluding hydrogens is 272 g/mol. The van der Waals surface area contributed by atoms with Gasteiger partial charge in [0.25, 0.3) is 0 Å². The van der Waals surface area contributed by atoms with Gasteiger partial charge in [-0.1, -0.05) is 0 Å². The van der Waals surface area contributed by atoms with E-state index in [0.29, 0.717) is 19.4 Å². The van der Waals surface area contributed by atoms with Crippen molar-refractivity contribution in [3.63, 3.8) is 0 Å². The van der Waals surface area contributed by atoms with Gasteiger partial charge in [0.05, 0.1) is 6.04 Å². The Balaban J connectivity index is 2.50. The van der Waals surface area contributed by atoms with Gasteiger partial charge in [0.2, 0.25) is 0 Å². The topological polar surface area (TPSA) is 65.2 Å². The van der Waals surface area contributed by atoms with Crippen molar-refractivity contribution in [1.29, 1.82) is 0 Å². The van der Waals surface area contributed by atoms with Gasteiger partial charge in [0.15, 0.2) is 5.78 Å². The first kappa shape index (κ1) is 13.3. The molecule has 1 atom stereocenters. The van der Waals surface area contributed by atoms with Crippen LogP contribution in [0.4, 0.5) is 0 Å². The van der Waals surface area contributed by atoms with Crippen LogP contribution in [0.15, 0.2) is 22.9 Å². The van der Waals surface area contributed by atoms with Gasteiger partial charge in [-0.3, -0.25) is 9.78 Å². The number of pyridine rings is 1. The molecule has 0 fully saturated rings. The molecular formula is C11H15BrN2O2. The number of nitrogens with zero attached hydrogens (tertiary/aromatic N) is 1. The van der Waals surface area contributed by atoms with Crippen LogP contribution < -0.4 is 5.73 Å². The summed E-state index contributed by atoms with van der Waals surface area (Å²) in [5, 5.41) is 0. The molecule has 0 radical (unpaired) electrons. The Morgan fingerprint density at radius 2 is 2.38 bits per heavy atom. The van der Waals surface area contributed by atoms with E-state index in [-0.39, 0.29) is 5.78 Å². The molecule has 2 N–H and O–H groups in total. The van der Waals surface area contributed by atoms with Crippen molar-refractivity contribution in [2.75, 3.05) is 13.7 Å². The molecule has 1 unspecified atom stereocenters. The van der Waals surface area contributed by atoms with Crippen LogP contribution in [0.25, 0.3) is 0 Å². The third-order valence-corrected chi connectivity index (χ3v) is 2.62. The molecule has 1 heterocycles. The van der Waals surface area contributed by atoms with E-state index in [0.717, 1.165) is 10.0 Å². The van der Waals surface area contributed by atoms with Gasteiger partial charge in [0.1, 0.15) is 0 Å². The van der Waals surface area contributed by atoms with Crippen LogP contribution in [0, 0.1) is 0 Å². The van der Waals surface area contributed by atoms with Crippen LogP contribution in [0.3, 0.4) is 0 Å². The number of aromatic nitrogens is 1. The summed E-state index contributed by atoms with van der Waals surface area (Å²) in [6.45, 7) is 0.504. The number of Topliss-reactive ketones (excluding diaryl/α,β-unsaturated/α-hetero) is 1. The van der Waals surface area contributed by atoms with Crippen molar-refractivity contribution in [1.82, 2.24) is 4.98 Å². The van der Waals surface area contributed by atoms with Gasteiger partial charge < -0.3 is 10.5 Å². The highest BCUT2D eigenvalue weighted by molar-refractivity contribution is 9.10. The molecule has 88 valence electrons. The summed E-state index contributed by atoms with van der Waals surface area (Å²) in [5.41, 5.74) is 6.60. The monoisotopic (exact) mass is 286 g/mol. The number of nitrogens with two attached hydrogens (primary N) is 1. The van der Waals surface area contributed by atoms with Crippen LogP contribution in [0.1, 0.15) is 12.0 Å². The normalized spacial score (nSPS) is 12.4. The second-order valence-corrected chi connectivity index (χ2v) is 4.46. The van der Waals surface area contributed by atoms with Gasteiger partial charge in [0, 0.05) is 37.0 Å². The van der Waals surface area contributed by atoms with Gasteiger partial charge >= 0.3 is 0 Å². The lowest BCUT2D eigenvalue weighted by Gasteiger charge is -2.09. The Morgan fingerprint density at radius 3 is 3.00 bits per heavy atom. The van der Waals surface area contributed by atoms with E-state index in [2.05, 4.69) is 20.9 Å². The van der Waals surface area contributed by atoms with Gasteiger partial charge in [-0.2, -0.15) is 0 Å². The Bertz CT molecular complexity index is 358. The maximum atomic E-state index is 11.7. The smallest absolute Gasteiger partial charge is 0.154 e. The zero-order valence-electron chi connectivity index (χ0n) is 9.15. The van der Waals surface area contributed by atoms with Crippen LogP contribution in [-0.4, -0.2) is 30.5 Å². The Hall–Kier alpha value is -0.780. The van der Waals surface area contributed by atoms with E-state index < -0.39 is 6.04 Å². The predicted molar refractivity (Wildman–Crippen MR) is 65.1 cm³/mol. The lowest BCUT2D eigenvalue weighted by molar-refractivity contribution is -0.120. The molecule has 0 saturated carbocycles. The quantitative estimate of drug-likeness (QED) is 0.857. The molecule has 0 aliphatic carbocycles. The van der Waals surface area contributed by atoms with Gasteiger partial charge in [-0.25, -0.2) is 0 Å². The largest absolute Gasteiger partial charge is 0.385 e. The van der Waals surface area contributed by atoms with E-state index in [4.69, 9.17) is 10.5 Å². The van der Waals surface area contributed by atoms with Crippen molar-refractivity contribution in [2.45, 2.75) is 18.9 Å². The van der Waals surface area contributed by atoms with E-state index in [9.17, 15) is 4.79 Å². The van der Waals surface area contributed by atoms with Crippen LogP contribution >= 0.6 is 15.9 Å². The average molecular weight is 287 g/mol. The zero-order valence-corrected chi connectivity index (χ0v) is 10.7. The van der Waals surface area contributed by atoms with Crippen LogP contribution in [-0.2, 0) is 16.0 Å². The third-order valence-electron chi connectivity index (χ3n) is 2.19. The molecule has 1 aromatic rings. The maximum Gasteiger partial charge on any atom is 0.154 e. The van der Waals surface area contributed by atoms with E-state index >= 15 is 0 Å². The molecule has 0 spiro atoms. The van der Waals surface area contributed by atoms with E-state index in [1.807, 2.05) is 6.07 Å². The fourth-order valence-electron chi connectivity index (χ4n) is 1.29. The number of methoxy groups -OCH3 is 1. The Morgan fingerprint density at radius 1 is 1.62 bits per heavy atom. The zero-order chi connectivity index (χ0) is 12.0. The molecule has 0 bridgehead atoms. The van der Waals surface area contributed by atoms with Crippen LogP contribution in [0.2, 0.25) is 0 Å². The minimum absolute atomic E-state index is 0.0111. The molecule has 4 nitrogen and oxygen atoms in total. The van der Waals surface area contributed by atoms with E-state index in [1.54, 1.807) is 19.5 Å². The van der Waals surface area contributed by atoms with Crippen molar-refractivity contribution in [3.05, 3.63) is 28.5 Å². The van der Waals surface area contributed by atoms with Crippen molar-refractivity contribution in [3.8, 4) is 0 Å². The Kier molecular flexibility index (Phi) is 5.59. The summed E-state index contributed by atoms with van der Waals surface area (Å²) < 4.78 is 5.74. The summed E-state index contributed by atoms with van der Waals surface area (Å²) in [6, 6.07) is 1.41.